The molecule has 0 spiro atoms. The van der Waals surface area contributed by atoms with Crippen molar-refractivity contribution in [2.24, 2.45) is 10.2 Å². The van der Waals surface area contributed by atoms with Crippen LogP contribution in [0.15, 0.2) is 24.1 Å². The molecule has 0 aromatic carbocycles. The fourth-order valence-corrected chi connectivity index (χ4v) is 1.48. The molecule has 3 heterocycles. The second-order valence-electron chi connectivity index (χ2n) is 3.38. The highest BCUT2D eigenvalue weighted by molar-refractivity contribution is 5.79. The van der Waals surface area contributed by atoms with E-state index in [2.05, 4.69) is 59.7 Å². The normalized spacial score (nSPS) is 10.0. The van der Waals surface area contributed by atoms with Gasteiger partial charge in [-0.25, -0.2) is 9.26 Å². The van der Waals surface area contributed by atoms with Gasteiger partial charge >= 0.3 is 0 Å². The summed E-state index contributed by atoms with van der Waals surface area (Å²) in [5.41, 5.74) is 15.8. The summed E-state index contributed by atoms with van der Waals surface area (Å²) in [6, 6.07) is 0. The molecule has 16 heteroatoms. The SMILES string of the molecule is [N-]=[N+]=Nc1nonc1-c1no[n+]([O-])c1-c1nonc1N=[N+]=[N-]. The average Bonchev–Trinajstić information content (AvgIpc) is 3.20. The minimum Gasteiger partial charge on any atom is -0.359 e. The Morgan fingerprint density at radius 1 is 0.864 bits per heavy atom. The predicted molar refractivity (Wildman–Crippen MR) is 59.7 cm³/mol. The number of azide groups is 2. The van der Waals surface area contributed by atoms with E-state index in [1.165, 1.54) is 0 Å². The summed E-state index contributed by atoms with van der Waals surface area (Å²) in [7, 11) is 0. The van der Waals surface area contributed by atoms with Gasteiger partial charge in [-0.1, -0.05) is 0 Å². The van der Waals surface area contributed by atoms with E-state index in [1.54, 1.807) is 0 Å². The Labute approximate surface area is 116 Å². The fourth-order valence-electron chi connectivity index (χ4n) is 1.48. The number of aromatic nitrogens is 6. The quantitative estimate of drug-likeness (QED) is 0.292. The highest BCUT2D eigenvalue weighted by Gasteiger charge is 2.32. The summed E-state index contributed by atoms with van der Waals surface area (Å²) in [5.74, 6) is -0.627. The van der Waals surface area contributed by atoms with E-state index in [9.17, 15) is 5.21 Å². The van der Waals surface area contributed by atoms with Crippen LogP contribution in [0.25, 0.3) is 43.7 Å². The zero-order chi connectivity index (χ0) is 15.5. The van der Waals surface area contributed by atoms with Crippen LogP contribution in [0, 0.1) is 5.21 Å². The number of hydrogen-bond donors (Lipinski definition) is 0. The lowest BCUT2D eigenvalue weighted by Crippen LogP contribution is -2.25. The maximum Gasteiger partial charge on any atom is 0.282 e. The van der Waals surface area contributed by atoms with Gasteiger partial charge < -0.3 is 5.21 Å². The van der Waals surface area contributed by atoms with Gasteiger partial charge in [0.2, 0.25) is 11.6 Å². The van der Waals surface area contributed by atoms with Gasteiger partial charge in [0.15, 0.2) is 11.4 Å². The predicted octanol–water partition coefficient (Wildman–Crippen LogP) is 1.29. The summed E-state index contributed by atoms with van der Waals surface area (Å²) in [6.07, 6.45) is 0. The first-order valence-electron chi connectivity index (χ1n) is 5.12. The van der Waals surface area contributed by atoms with Crippen LogP contribution >= 0.6 is 0 Å². The summed E-state index contributed by atoms with van der Waals surface area (Å²) in [5, 5.41) is 35.1. The van der Waals surface area contributed by atoms with Crippen LogP contribution in [-0.4, -0.2) is 25.8 Å². The van der Waals surface area contributed by atoms with Crippen molar-refractivity contribution in [3.63, 3.8) is 0 Å². The molecule has 16 nitrogen and oxygen atoms in total. The molecule has 3 aromatic rings. The number of rotatable bonds is 4. The average molecular weight is 304 g/mol. The Morgan fingerprint density at radius 3 is 2.09 bits per heavy atom. The van der Waals surface area contributed by atoms with Gasteiger partial charge in [-0.3, -0.25) is 4.63 Å². The molecule has 0 saturated carbocycles. The summed E-state index contributed by atoms with van der Waals surface area (Å²) >= 11 is 0. The van der Waals surface area contributed by atoms with E-state index < -0.39 is 0 Å². The summed E-state index contributed by atoms with van der Waals surface area (Å²) < 4.78 is 13.2. The van der Waals surface area contributed by atoms with Crippen molar-refractivity contribution in [1.29, 1.82) is 0 Å². The van der Waals surface area contributed by atoms with Crippen LogP contribution in [0.5, 0.6) is 0 Å². The standard InChI is InChI=1S/C6N12O4/c7-16-9-5-2(11-20-14-5)1-4(18(19)22-13-1)3-6(10-17-8)15-21-12-3. The van der Waals surface area contributed by atoms with Crippen molar-refractivity contribution in [3.05, 3.63) is 26.1 Å². The summed E-state index contributed by atoms with van der Waals surface area (Å²) in [6.45, 7) is 0. The van der Waals surface area contributed by atoms with Crippen LogP contribution in [0.1, 0.15) is 0 Å². The van der Waals surface area contributed by atoms with E-state index in [4.69, 9.17) is 11.1 Å². The van der Waals surface area contributed by atoms with E-state index >= 15 is 0 Å². The Kier molecular flexibility index (Phi) is 2.97. The highest BCUT2D eigenvalue weighted by atomic mass is 16.8. The third-order valence-electron chi connectivity index (χ3n) is 2.28. The molecule has 0 radical (unpaired) electrons. The molecule has 3 rings (SSSR count). The van der Waals surface area contributed by atoms with Crippen LogP contribution < -0.4 is 4.90 Å². The molecular weight excluding hydrogens is 304 g/mol. The van der Waals surface area contributed by atoms with Crippen LogP contribution in [-0.2, 0) is 0 Å². The molecule has 0 aliphatic rings. The van der Waals surface area contributed by atoms with Crippen molar-refractivity contribution >= 4 is 11.6 Å². The first kappa shape index (κ1) is 12.9. The first-order valence-corrected chi connectivity index (χ1v) is 5.12. The van der Waals surface area contributed by atoms with E-state index in [0.717, 1.165) is 0 Å². The van der Waals surface area contributed by atoms with Gasteiger partial charge in [0.25, 0.3) is 11.4 Å². The van der Waals surface area contributed by atoms with Crippen molar-refractivity contribution < 1.29 is 18.8 Å². The van der Waals surface area contributed by atoms with E-state index in [-0.39, 0.29) is 39.3 Å². The fraction of sp³-hybridized carbons (Fsp3) is 0. The molecule has 0 saturated heterocycles. The van der Waals surface area contributed by atoms with Crippen molar-refractivity contribution in [2.75, 3.05) is 0 Å². The van der Waals surface area contributed by atoms with E-state index in [0.29, 0.717) is 0 Å². The zero-order valence-corrected chi connectivity index (χ0v) is 10.00. The zero-order valence-electron chi connectivity index (χ0n) is 10.00. The van der Waals surface area contributed by atoms with Gasteiger partial charge in [-0.05, 0) is 46.8 Å². The van der Waals surface area contributed by atoms with E-state index in [1.807, 2.05) is 0 Å². The molecule has 0 atom stereocenters. The van der Waals surface area contributed by atoms with Crippen molar-refractivity contribution in [2.45, 2.75) is 0 Å². The Morgan fingerprint density at radius 2 is 1.45 bits per heavy atom. The van der Waals surface area contributed by atoms with Crippen molar-refractivity contribution in [3.8, 4) is 22.8 Å². The Bertz CT molecular complexity index is 923. The maximum absolute atomic E-state index is 11.7. The monoisotopic (exact) mass is 304 g/mol. The first-order chi connectivity index (χ1) is 10.8. The molecular formula is C6N12O4. The molecule has 0 unspecified atom stereocenters. The molecule has 0 bridgehead atoms. The van der Waals surface area contributed by atoms with Crippen LogP contribution in [0.4, 0.5) is 11.6 Å². The molecule has 0 amide bonds. The maximum atomic E-state index is 11.7. The van der Waals surface area contributed by atoms with Crippen LogP contribution in [0.2, 0.25) is 0 Å². The number of nitrogens with zero attached hydrogens (tertiary/aromatic N) is 12. The van der Waals surface area contributed by atoms with Crippen molar-refractivity contribution in [1.82, 2.24) is 25.8 Å². The third-order valence-corrected chi connectivity index (χ3v) is 2.28. The molecule has 22 heavy (non-hydrogen) atoms. The minimum absolute atomic E-state index is 0.0557. The molecule has 0 aliphatic carbocycles. The number of hydrogen-bond acceptors (Lipinski definition) is 11. The molecule has 3 aromatic heterocycles. The smallest absolute Gasteiger partial charge is 0.282 e. The van der Waals surface area contributed by atoms with Gasteiger partial charge in [-0.2, -0.15) is 0 Å². The Hall–Kier alpha value is -4.16. The lowest BCUT2D eigenvalue weighted by Gasteiger charge is -1.92. The summed E-state index contributed by atoms with van der Waals surface area (Å²) in [4.78, 5) is 4.97. The van der Waals surface area contributed by atoms with Gasteiger partial charge in [-0.15, -0.1) is 0 Å². The molecule has 108 valence electrons. The topological polar surface area (TPSA) is 228 Å². The Balaban J connectivity index is 2.24. The lowest BCUT2D eigenvalue weighted by atomic mass is 10.2. The van der Waals surface area contributed by atoms with Crippen LogP contribution in [0.3, 0.4) is 0 Å². The highest BCUT2D eigenvalue weighted by Crippen LogP contribution is 2.34. The second-order valence-corrected chi connectivity index (χ2v) is 3.38. The van der Waals surface area contributed by atoms with Gasteiger partial charge in [0.1, 0.15) is 0 Å². The minimum atomic E-state index is -0.353. The molecule has 0 fully saturated rings. The lowest BCUT2D eigenvalue weighted by molar-refractivity contribution is -0.793. The van der Waals surface area contributed by atoms with Gasteiger partial charge in [0, 0.05) is 15.0 Å². The molecule has 0 aliphatic heterocycles. The largest absolute Gasteiger partial charge is 0.359 e. The third kappa shape index (κ3) is 1.90. The molecule has 0 N–H and O–H groups in total. The second kappa shape index (κ2) is 5.08. The van der Waals surface area contributed by atoms with Gasteiger partial charge in [0.05, 0.1) is 0 Å².